The van der Waals surface area contributed by atoms with Gasteiger partial charge in [0.25, 0.3) is 4.57 Å². The molecule has 58 valence electrons. The molecule has 10 heavy (non-hydrogen) atoms. The van der Waals surface area contributed by atoms with Gasteiger partial charge in [-0.1, -0.05) is 0 Å². The number of hydrogen-bond acceptors (Lipinski definition) is 6. The van der Waals surface area contributed by atoms with Gasteiger partial charge in [0.1, 0.15) is 0 Å². The normalized spacial score (nSPS) is 9.00. The molecule has 0 aliphatic rings. The van der Waals surface area contributed by atoms with Crippen LogP contribution in [-0.4, -0.2) is 17.0 Å². The maximum Gasteiger partial charge on any atom is 0.378 e. The molecule has 0 aromatic rings. The molecule has 0 saturated heterocycles. The van der Waals surface area contributed by atoms with E-state index in [9.17, 15) is 9.59 Å². The lowest BCUT2D eigenvalue weighted by atomic mass is 11.5. The standard InChI is InChI=1S/C3H3ClO3S3/c1-7-3(6)9-10-8-2(4)5/h1H3. The van der Waals surface area contributed by atoms with Crippen LogP contribution in [0.15, 0.2) is 0 Å². The Balaban J connectivity index is 3.20. The fourth-order valence-electron chi connectivity index (χ4n) is 0.106. The number of ether oxygens (including phenoxy) is 1. The first-order valence-corrected chi connectivity index (χ1v) is 5.81. The van der Waals surface area contributed by atoms with Crippen molar-refractivity contribution < 1.29 is 14.3 Å². The average molecular weight is 219 g/mol. The Kier molecular flexibility index (Phi) is 6.50. The zero-order chi connectivity index (χ0) is 7.98. The second kappa shape index (κ2) is 6.21. The van der Waals surface area contributed by atoms with Gasteiger partial charge in [0.2, 0.25) is 0 Å². The van der Waals surface area contributed by atoms with Crippen LogP contribution in [0.5, 0.6) is 0 Å². The van der Waals surface area contributed by atoms with E-state index < -0.39 is 9.88 Å². The van der Waals surface area contributed by atoms with Crippen LogP contribution in [0.25, 0.3) is 0 Å². The van der Waals surface area contributed by atoms with Crippen molar-refractivity contribution in [2.75, 3.05) is 7.11 Å². The molecule has 0 radical (unpaired) electrons. The van der Waals surface area contributed by atoms with Crippen LogP contribution < -0.4 is 0 Å². The summed E-state index contributed by atoms with van der Waals surface area (Å²) in [5.41, 5.74) is 0. The molecule has 0 aromatic carbocycles. The number of carbonyl (C=O) groups is 2. The minimum Gasteiger partial charge on any atom is -0.460 e. The summed E-state index contributed by atoms with van der Waals surface area (Å²) in [6, 6.07) is 0. The predicted octanol–water partition coefficient (Wildman–Crippen LogP) is 3.14. The highest BCUT2D eigenvalue weighted by molar-refractivity contribution is 9.14. The smallest absolute Gasteiger partial charge is 0.378 e. The summed E-state index contributed by atoms with van der Waals surface area (Å²) >= 11 is 4.94. The van der Waals surface area contributed by atoms with E-state index in [2.05, 4.69) is 4.74 Å². The van der Waals surface area contributed by atoms with Crippen molar-refractivity contribution in [1.29, 1.82) is 0 Å². The van der Waals surface area contributed by atoms with Gasteiger partial charge in [-0.05, 0) is 21.4 Å². The molecule has 0 aliphatic heterocycles. The highest BCUT2D eigenvalue weighted by Crippen LogP contribution is 2.37. The number of hydrogen-bond donors (Lipinski definition) is 0. The summed E-state index contributed by atoms with van der Waals surface area (Å²) in [5.74, 6) is 0. The summed E-state index contributed by atoms with van der Waals surface area (Å²) < 4.78 is 3.71. The molecule has 0 rings (SSSR count). The first-order chi connectivity index (χ1) is 4.66. The Bertz CT molecular complexity index is 139. The third-order valence-corrected chi connectivity index (χ3v) is 3.94. The Morgan fingerprint density at radius 3 is 2.40 bits per heavy atom. The lowest BCUT2D eigenvalue weighted by Gasteiger charge is -1.92. The maximum absolute atomic E-state index is 10.3. The van der Waals surface area contributed by atoms with E-state index in [1.807, 2.05) is 0 Å². The number of methoxy groups -OCH3 is 1. The zero-order valence-corrected chi connectivity index (χ0v) is 8.03. The highest BCUT2D eigenvalue weighted by Gasteiger charge is 2.04. The topological polar surface area (TPSA) is 43.4 Å². The summed E-state index contributed by atoms with van der Waals surface area (Å²) in [5, 5.41) is -0.449. The van der Waals surface area contributed by atoms with Gasteiger partial charge in [0.15, 0.2) is 0 Å². The van der Waals surface area contributed by atoms with Gasteiger partial charge in [0.05, 0.1) is 7.11 Å². The fraction of sp³-hybridized carbons (Fsp3) is 0.333. The molecule has 0 heterocycles. The van der Waals surface area contributed by atoms with Gasteiger partial charge in [-0.2, -0.15) is 0 Å². The van der Waals surface area contributed by atoms with E-state index in [0.717, 1.165) is 31.4 Å². The first-order valence-electron chi connectivity index (χ1n) is 1.95. The van der Waals surface area contributed by atoms with Crippen LogP contribution in [0.3, 0.4) is 0 Å². The molecule has 7 heteroatoms. The van der Waals surface area contributed by atoms with Crippen LogP contribution in [0.2, 0.25) is 0 Å². The Hall–Kier alpha value is 0.480. The maximum atomic E-state index is 10.3. The molecule has 0 fully saturated rings. The highest BCUT2D eigenvalue weighted by atomic mass is 35.5. The summed E-state index contributed by atoms with van der Waals surface area (Å²) in [7, 11) is 3.84. The summed E-state index contributed by atoms with van der Waals surface area (Å²) in [6.45, 7) is 0. The molecular formula is C3H3ClO3S3. The number of rotatable bonds is 2. The molecule has 0 aliphatic carbocycles. The number of carbonyl (C=O) groups excluding carboxylic acids is 2. The molecule has 0 spiro atoms. The van der Waals surface area contributed by atoms with Crippen LogP contribution in [-0.2, 0) is 4.74 Å². The van der Waals surface area contributed by atoms with Crippen LogP contribution in [0.4, 0.5) is 9.59 Å². The van der Waals surface area contributed by atoms with Crippen molar-refractivity contribution in [3.05, 3.63) is 0 Å². The predicted molar refractivity (Wildman–Crippen MR) is 46.4 cm³/mol. The molecule has 0 bridgehead atoms. The third kappa shape index (κ3) is 6.60. The van der Waals surface area contributed by atoms with Crippen molar-refractivity contribution in [3.8, 4) is 0 Å². The minimum atomic E-state index is -0.554. The van der Waals surface area contributed by atoms with Crippen molar-refractivity contribution >= 4 is 52.9 Å². The van der Waals surface area contributed by atoms with Gasteiger partial charge in [-0.25, -0.2) is 4.79 Å². The van der Waals surface area contributed by atoms with E-state index in [4.69, 9.17) is 11.6 Å². The van der Waals surface area contributed by atoms with Crippen LogP contribution in [0.1, 0.15) is 0 Å². The summed E-state index contributed by atoms with van der Waals surface area (Å²) in [6.07, 6.45) is 0. The zero-order valence-electron chi connectivity index (χ0n) is 4.83. The molecule has 0 saturated carbocycles. The van der Waals surface area contributed by atoms with Gasteiger partial charge in [-0.3, -0.25) is 4.79 Å². The van der Waals surface area contributed by atoms with E-state index in [1.165, 1.54) is 7.11 Å². The quantitative estimate of drug-likeness (QED) is 0.403. The molecular weight excluding hydrogens is 216 g/mol. The Labute approximate surface area is 74.4 Å². The second-order valence-electron chi connectivity index (χ2n) is 0.926. The SMILES string of the molecule is COC(=O)SSSC(=O)Cl. The Morgan fingerprint density at radius 2 is 2.00 bits per heavy atom. The Morgan fingerprint density at radius 1 is 1.40 bits per heavy atom. The summed E-state index contributed by atoms with van der Waals surface area (Å²) in [4.78, 5) is 20.4. The van der Waals surface area contributed by atoms with Gasteiger partial charge < -0.3 is 4.74 Å². The van der Waals surface area contributed by atoms with Crippen LogP contribution in [0, 0.1) is 0 Å². The minimum absolute atomic E-state index is 0.449. The molecule has 3 nitrogen and oxygen atoms in total. The van der Waals surface area contributed by atoms with E-state index in [0.29, 0.717) is 0 Å². The van der Waals surface area contributed by atoms with Crippen molar-refractivity contribution in [3.63, 3.8) is 0 Å². The van der Waals surface area contributed by atoms with Gasteiger partial charge in [0, 0.05) is 21.6 Å². The number of halogens is 1. The third-order valence-electron chi connectivity index (χ3n) is 0.368. The van der Waals surface area contributed by atoms with Gasteiger partial charge in [-0.15, -0.1) is 0 Å². The second-order valence-corrected chi connectivity index (χ2v) is 5.30. The molecule has 0 aromatic heterocycles. The molecule has 0 unspecified atom stereocenters. The molecule has 0 N–H and O–H groups in total. The molecule has 0 atom stereocenters. The average Bonchev–Trinajstić information content (AvgIpc) is 1.87. The first kappa shape index (κ1) is 10.5. The molecule has 0 amide bonds. The van der Waals surface area contributed by atoms with Crippen molar-refractivity contribution in [2.45, 2.75) is 0 Å². The lowest BCUT2D eigenvalue weighted by Crippen LogP contribution is -1.85. The largest absolute Gasteiger partial charge is 0.460 e. The lowest BCUT2D eigenvalue weighted by molar-refractivity contribution is 0.200. The fourth-order valence-corrected chi connectivity index (χ4v) is 2.93. The van der Waals surface area contributed by atoms with Crippen molar-refractivity contribution in [1.82, 2.24) is 0 Å². The van der Waals surface area contributed by atoms with E-state index >= 15 is 0 Å². The van der Waals surface area contributed by atoms with Crippen molar-refractivity contribution in [2.24, 2.45) is 0 Å². The van der Waals surface area contributed by atoms with E-state index in [-0.39, 0.29) is 0 Å². The van der Waals surface area contributed by atoms with E-state index in [1.54, 1.807) is 0 Å². The monoisotopic (exact) mass is 218 g/mol. The van der Waals surface area contributed by atoms with Crippen LogP contribution >= 0.6 is 43.0 Å². The van der Waals surface area contributed by atoms with Gasteiger partial charge >= 0.3 is 5.30 Å².